The van der Waals surface area contributed by atoms with E-state index in [1.54, 1.807) is 20.8 Å². The molecule has 2 N–H and O–H groups in total. The lowest BCUT2D eigenvalue weighted by atomic mass is 9.56. The van der Waals surface area contributed by atoms with Crippen LogP contribution in [0.15, 0.2) is 0 Å². The molecule has 1 aliphatic carbocycles. The summed E-state index contributed by atoms with van der Waals surface area (Å²) in [5.74, 6) is -8.73. The van der Waals surface area contributed by atoms with Crippen LogP contribution in [0.5, 0.6) is 0 Å². The fourth-order valence-electron chi connectivity index (χ4n) is 5.46. The summed E-state index contributed by atoms with van der Waals surface area (Å²) in [6, 6.07) is 0. The maximum Gasteiger partial charge on any atom is 0.426 e. The molecule has 0 aliphatic heterocycles. The summed E-state index contributed by atoms with van der Waals surface area (Å²) < 4.78 is 164. The molecule has 0 heterocycles. The van der Waals surface area contributed by atoms with Crippen LogP contribution in [0.3, 0.4) is 0 Å². The van der Waals surface area contributed by atoms with E-state index < -0.39 is 89.7 Å². The largest absolute Gasteiger partial charge is 0.426 e. The molecule has 0 aromatic carbocycles. The van der Waals surface area contributed by atoms with Crippen molar-refractivity contribution in [2.24, 2.45) is 34.5 Å². The van der Waals surface area contributed by atoms with Gasteiger partial charge in [0.05, 0.1) is 0 Å². The normalized spacial score (nSPS) is 25.2. The lowest BCUT2D eigenvalue weighted by molar-refractivity contribution is -0.405. The third-order valence-corrected chi connectivity index (χ3v) is 7.17. The van der Waals surface area contributed by atoms with Gasteiger partial charge in [-0.2, -0.15) is 52.7 Å². The minimum atomic E-state index is -6.46. The molecule has 0 aromatic heterocycles. The van der Waals surface area contributed by atoms with Crippen molar-refractivity contribution in [3.05, 3.63) is 0 Å². The highest BCUT2D eigenvalue weighted by molar-refractivity contribution is 5.09. The zero-order chi connectivity index (χ0) is 29.1. The van der Waals surface area contributed by atoms with Gasteiger partial charge in [0.15, 0.2) is 0 Å². The molecule has 1 rings (SSSR count). The summed E-state index contributed by atoms with van der Waals surface area (Å²) in [7, 11) is 0. The van der Waals surface area contributed by atoms with Crippen molar-refractivity contribution in [3.8, 4) is 0 Å². The van der Waals surface area contributed by atoms with Crippen LogP contribution in [0, 0.1) is 34.5 Å². The minimum absolute atomic E-state index is 0.0353. The molecule has 3 atom stereocenters. The van der Waals surface area contributed by atoms with Crippen LogP contribution in [-0.4, -0.2) is 46.1 Å². The number of rotatable bonds is 4. The van der Waals surface area contributed by atoms with E-state index in [0.717, 1.165) is 0 Å². The molecule has 0 radical (unpaired) electrons. The van der Waals surface area contributed by atoms with E-state index in [4.69, 9.17) is 0 Å². The average Bonchev–Trinajstić information content (AvgIpc) is 2.58. The molecule has 1 aliphatic rings. The highest BCUT2D eigenvalue weighted by atomic mass is 19.4. The van der Waals surface area contributed by atoms with Gasteiger partial charge in [0, 0.05) is 11.8 Å². The Morgan fingerprint density at radius 1 is 0.556 bits per heavy atom. The van der Waals surface area contributed by atoms with Gasteiger partial charge in [-0.1, -0.05) is 41.5 Å². The van der Waals surface area contributed by atoms with Gasteiger partial charge in [-0.05, 0) is 48.3 Å². The number of hydrogen-bond acceptors (Lipinski definition) is 2. The molecule has 0 saturated heterocycles. The first-order valence-electron chi connectivity index (χ1n) is 11.1. The van der Waals surface area contributed by atoms with Crippen LogP contribution in [0.2, 0.25) is 0 Å². The molecule has 14 heteroatoms. The topological polar surface area (TPSA) is 40.5 Å². The van der Waals surface area contributed by atoms with Crippen LogP contribution in [0.4, 0.5) is 52.7 Å². The van der Waals surface area contributed by atoms with Gasteiger partial charge in [-0.3, -0.25) is 0 Å². The summed E-state index contributed by atoms with van der Waals surface area (Å²) in [4.78, 5) is 0. The van der Waals surface area contributed by atoms with E-state index in [1.807, 2.05) is 0 Å². The molecule has 0 aromatic rings. The monoisotopic (exact) mass is 556 g/mol. The number of halogens is 12. The van der Waals surface area contributed by atoms with Crippen LogP contribution >= 0.6 is 0 Å². The summed E-state index contributed by atoms with van der Waals surface area (Å²) in [6.07, 6.45) is -30.1. The Balaban J connectivity index is 3.91. The molecule has 1 saturated carbocycles. The fourth-order valence-corrected chi connectivity index (χ4v) is 5.46. The lowest BCUT2D eigenvalue weighted by Crippen LogP contribution is -2.67. The van der Waals surface area contributed by atoms with Gasteiger partial charge in [0.2, 0.25) is 0 Å². The van der Waals surface area contributed by atoms with Crippen LogP contribution in [-0.2, 0) is 0 Å². The van der Waals surface area contributed by atoms with Gasteiger partial charge in [-0.15, -0.1) is 0 Å². The van der Waals surface area contributed by atoms with E-state index >= 15 is 0 Å². The highest BCUT2D eigenvalue weighted by Crippen LogP contribution is 2.60. The van der Waals surface area contributed by atoms with Crippen molar-refractivity contribution in [3.63, 3.8) is 0 Å². The van der Waals surface area contributed by atoms with Crippen LogP contribution in [0.1, 0.15) is 67.2 Å². The van der Waals surface area contributed by atoms with Crippen molar-refractivity contribution in [1.82, 2.24) is 0 Å². The second-order valence-electron chi connectivity index (χ2n) is 12.1. The molecule has 36 heavy (non-hydrogen) atoms. The first kappa shape index (κ1) is 33.1. The van der Waals surface area contributed by atoms with E-state index in [-0.39, 0.29) is 6.42 Å². The third-order valence-electron chi connectivity index (χ3n) is 7.17. The van der Waals surface area contributed by atoms with Gasteiger partial charge >= 0.3 is 24.7 Å². The number of alkyl halides is 12. The Morgan fingerprint density at radius 3 is 1.03 bits per heavy atom. The van der Waals surface area contributed by atoms with Gasteiger partial charge < -0.3 is 10.2 Å². The van der Waals surface area contributed by atoms with Crippen molar-refractivity contribution in [1.29, 1.82) is 0 Å². The Hall–Kier alpha value is -0.920. The smallest absolute Gasteiger partial charge is 0.373 e. The second-order valence-corrected chi connectivity index (χ2v) is 12.1. The first-order valence-corrected chi connectivity index (χ1v) is 11.1. The van der Waals surface area contributed by atoms with E-state index in [2.05, 4.69) is 0 Å². The molecule has 3 unspecified atom stereocenters. The molecule has 0 spiro atoms. The Bertz CT molecular complexity index is 676. The van der Waals surface area contributed by atoms with Gasteiger partial charge in [0.1, 0.15) is 0 Å². The molecule has 216 valence electrons. The predicted molar refractivity (Wildman–Crippen MR) is 105 cm³/mol. The molecular formula is C22H32F12O2. The predicted octanol–water partition coefficient (Wildman–Crippen LogP) is 7.83. The molecule has 2 nitrogen and oxygen atoms in total. The Morgan fingerprint density at radius 2 is 0.833 bits per heavy atom. The number of aliphatic hydroxyl groups is 2. The van der Waals surface area contributed by atoms with Crippen LogP contribution < -0.4 is 0 Å². The van der Waals surface area contributed by atoms with Gasteiger partial charge in [0.25, 0.3) is 11.2 Å². The molecule has 1 fully saturated rings. The summed E-state index contributed by atoms with van der Waals surface area (Å²) in [5, 5.41) is 19.9. The van der Waals surface area contributed by atoms with Crippen molar-refractivity contribution < 1.29 is 62.9 Å². The van der Waals surface area contributed by atoms with E-state index in [0.29, 0.717) is 0 Å². The van der Waals surface area contributed by atoms with E-state index in [1.165, 1.54) is 20.8 Å². The maximum atomic E-state index is 13.6. The first-order chi connectivity index (χ1) is 15.4. The number of hydrogen-bond donors (Lipinski definition) is 2. The van der Waals surface area contributed by atoms with Crippen molar-refractivity contribution in [2.75, 3.05) is 0 Å². The quantitative estimate of drug-likeness (QED) is 0.347. The zero-order valence-electron chi connectivity index (χ0n) is 20.6. The summed E-state index contributed by atoms with van der Waals surface area (Å²) in [6.45, 7) is 9.48. The second kappa shape index (κ2) is 9.37. The van der Waals surface area contributed by atoms with E-state index in [9.17, 15) is 62.9 Å². The summed E-state index contributed by atoms with van der Waals surface area (Å²) in [5.41, 5.74) is -12.8. The molecule has 0 bridgehead atoms. The molecular weight excluding hydrogens is 524 g/mol. The Labute approximate surface area is 201 Å². The van der Waals surface area contributed by atoms with Crippen molar-refractivity contribution >= 4 is 0 Å². The van der Waals surface area contributed by atoms with Gasteiger partial charge in [-0.25, -0.2) is 0 Å². The van der Waals surface area contributed by atoms with Crippen LogP contribution in [0.25, 0.3) is 0 Å². The SMILES string of the molecule is CC(C)(C)CC(C1CC(C(O)(C(F)(F)F)C(F)(F)F)CC(C(O)(C(F)(F)F)C(F)(F)F)C1)C(C)(C)C. The fraction of sp³-hybridized carbons (Fsp3) is 1.00. The standard InChI is InChI=1S/C22H32F12O2/c1-15(2,3)10-14(16(4,5)6)11-7-12(17(35,19(23,24)25)20(26,27)28)9-13(8-11)18(36,21(29,30)31)22(32,33)34/h11-14,35-36H,7-10H2,1-6H3. The third kappa shape index (κ3) is 6.20. The Kier molecular flexibility index (Phi) is 8.62. The molecule has 0 amide bonds. The van der Waals surface area contributed by atoms with Crippen molar-refractivity contribution in [2.45, 2.75) is 103 Å². The lowest BCUT2D eigenvalue weighted by Gasteiger charge is -2.52. The summed E-state index contributed by atoms with van der Waals surface area (Å²) >= 11 is 0. The maximum absolute atomic E-state index is 13.6. The minimum Gasteiger partial charge on any atom is -0.373 e. The average molecular weight is 556 g/mol. The zero-order valence-corrected chi connectivity index (χ0v) is 20.6. The highest BCUT2D eigenvalue weighted by Gasteiger charge is 2.78.